The van der Waals surface area contributed by atoms with Crippen molar-refractivity contribution >= 4 is 33.3 Å². The number of amides is 1. The van der Waals surface area contributed by atoms with Gasteiger partial charge in [-0.3, -0.25) is 4.79 Å². The maximum absolute atomic E-state index is 12.2. The first kappa shape index (κ1) is 20.2. The number of piperazine rings is 1. The zero-order chi connectivity index (χ0) is 20.5. The van der Waals surface area contributed by atoms with Gasteiger partial charge in [0.05, 0.1) is 5.39 Å². The number of aromatic nitrogens is 2. The van der Waals surface area contributed by atoms with Crippen LogP contribution in [-0.4, -0.2) is 60.7 Å². The minimum atomic E-state index is 0.0841. The van der Waals surface area contributed by atoms with E-state index >= 15 is 0 Å². The number of thiophene rings is 1. The Kier molecular flexibility index (Phi) is 5.92. The fourth-order valence-corrected chi connectivity index (χ4v) is 6.57. The molecule has 0 bridgehead atoms. The molecule has 162 valence electrons. The molecule has 7 heteroatoms. The molecule has 1 amide bonds. The van der Waals surface area contributed by atoms with Gasteiger partial charge in [0.15, 0.2) is 0 Å². The summed E-state index contributed by atoms with van der Waals surface area (Å²) in [5.41, 5.74) is 1.50. The van der Waals surface area contributed by atoms with Crippen molar-refractivity contribution in [2.45, 2.75) is 63.7 Å². The van der Waals surface area contributed by atoms with Crippen LogP contribution >= 0.6 is 11.3 Å². The maximum atomic E-state index is 12.2. The van der Waals surface area contributed by atoms with Crippen molar-refractivity contribution < 1.29 is 9.53 Å². The minimum absolute atomic E-state index is 0.0841. The van der Waals surface area contributed by atoms with Gasteiger partial charge in [-0.15, -0.1) is 11.3 Å². The van der Waals surface area contributed by atoms with Gasteiger partial charge in [0.2, 0.25) is 5.91 Å². The molecule has 2 aromatic rings. The summed E-state index contributed by atoms with van der Waals surface area (Å²) in [5, 5.41) is 1.31. The quantitative estimate of drug-likeness (QED) is 0.739. The van der Waals surface area contributed by atoms with E-state index in [1.54, 1.807) is 7.11 Å². The molecule has 30 heavy (non-hydrogen) atoms. The number of anilines is 1. The summed E-state index contributed by atoms with van der Waals surface area (Å²) < 4.78 is 5.04. The number of carbonyl (C=O) groups excluding carboxylic acids is 1. The second kappa shape index (κ2) is 8.79. The van der Waals surface area contributed by atoms with Crippen molar-refractivity contribution in [1.29, 1.82) is 0 Å². The molecule has 2 aliphatic carbocycles. The van der Waals surface area contributed by atoms with Crippen LogP contribution in [0.2, 0.25) is 0 Å². The lowest BCUT2D eigenvalue weighted by atomic mass is 9.88. The highest BCUT2D eigenvalue weighted by Gasteiger charge is 2.29. The van der Waals surface area contributed by atoms with Crippen LogP contribution in [0.5, 0.6) is 0 Å². The van der Waals surface area contributed by atoms with Gasteiger partial charge >= 0.3 is 0 Å². The fraction of sp³-hybridized carbons (Fsp3) is 0.696. The van der Waals surface area contributed by atoms with Crippen molar-refractivity contribution in [2.75, 3.05) is 44.8 Å². The Labute approximate surface area is 182 Å². The predicted molar refractivity (Wildman–Crippen MR) is 121 cm³/mol. The number of fused-ring (bicyclic) bond motifs is 3. The molecule has 0 spiro atoms. The van der Waals surface area contributed by atoms with Gasteiger partial charge in [0, 0.05) is 44.1 Å². The third kappa shape index (κ3) is 3.82. The van der Waals surface area contributed by atoms with Crippen molar-refractivity contribution in [3.8, 4) is 0 Å². The van der Waals surface area contributed by atoms with Gasteiger partial charge in [-0.05, 0) is 44.1 Å². The molecule has 0 N–H and O–H groups in total. The summed E-state index contributed by atoms with van der Waals surface area (Å²) in [4.78, 5) is 29.6. The molecule has 1 saturated carbocycles. The SMILES string of the molecule is COCC(=O)N1CCN(c2nc(C3CCCCC3)nc3sc4c(c23)CCCC4)CC1. The Morgan fingerprint density at radius 1 is 1.03 bits per heavy atom. The molecule has 2 aromatic heterocycles. The van der Waals surface area contributed by atoms with E-state index in [1.807, 2.05) is 16.2 Å². The molecule has 0 aromatic carbocycles. The number of methoxy groups -OCH3 is 1. The van der Waals surface area contributed by atoms with Gasteiger partial charge in [0.1, 0.15) is 23.1 Å². The smallest absolute Gasteiger partial charge is 0.248 e. The van der Waals surface area contributed by atoms with Crippen molar-refractivity contribution in [3.05, 3.63) is 16.3 Å². The largest absolute Gasteiger partial charge is 0.375 e. The number of ether oxygens (including phenoxy) is 1. The number of aryl methyl sites for hydroxylation is 2. The van der Waals surface area contributed by atoms with Crippen molar-refractivity contribution in [3.63, 3.8) is 0 Å². The standard InChI is InChI=1S/C23H32N4O2S/c1-29-15-19(28)26-11-13-27(14-12-26)22-20-17-9-5-6-10-18(17)30-23(20)25-21(24-22)16-7-3-2-4-8-16/h16H,2-15H2,1H3. The van der Waals surface area contributed by atoms with Crippen LogP contribution < -0.4 is 4.90 Å². The lowest BCUT2D eigenvalue weighted by Crippen LogP contribution is -2.50. The number of rotatable bonds is 4. The molecular formula is C23H32N4O2S. The van der Waals surface area contributed by atoms with Gasteiger partial charge < -0.3 is 14.5 Å². The Morgan fingerprint density at radius 3 is 2.57 bits per heavy atom. The predicted octanol–water partition coefficient (Wildman–Crippen LogP) is 3.91. The lowest BCUT2D eigenvalue weighted by molar-refractivity contribution is -0.135. The minimum Gasteiger partial charge on any atom is -0.375 e. The van der Waals surface area contributed by atoms with E-state index < -0.39 is 0 Å². The highest BCUT2D eigenvalue weighted by Crippen LogP contribution is 2.42. The van der Waals surface area contributed by atoms with E-state index in [2.05, 4.69) is 4.90 Å². The molecule has 3 heterocycles. The van der Waals surface area contributed by atoms with E-state index in [1.165, 1.54) is 72.0 Å². The summed E-state index contributed by atoms with van der Waals surface area (Å²) in [7, 11) is 1.58. The second-order valence-corrected chi connectivity index (χ2v) is 10.0. The van der Waals surface area contributed by atoms with E-state index in [9.17, 15) is 4.79 Å². The van der Waals surface area contributed by atoms with Crippen LogP contribution in [0.15, 0.2) is 0 Å². The summed E-state index contributed by atoms with van der Waals surface area (Å²) in [6.07, 6.45) is 11.3. The summed E-state index contributed by atoms with van der Waals surface area (Å²) in [5.74, 6) is 2.79. The zero-order valence-electron chi connectivity index (χ0n) is 18.0. The Balaban J connectivity index is 1.49. The number of carbonyl (C=O) groups is 1. The van der Waals surface area contributed by atoms with E-state index in [-0.39, 0.29) is 12.5 Å². The average Bonchev–Trinajstić information content (AvgIpc) is 3.18. The first-order valence-corrected chi connectivity index (χ1v) is 12.4. The van der Waals surface area contributed by atoms with E-state index in [4.69, 9.17) is 14.7 Å². The van der Waals surface area contributed by atoms with Crippen LogP contribution in [0.1, 0.15) is 67.1 Å². The number of nitrogens with zero attached hydrogens (tertiary/aromatic N) is 4. The van der Waals surface area contributed by atoms with Gasteiger partial charge in [-0.1, -0.05) is 19.3 Å². The summed E-state index contributed by atoms with van der Waals surface area (Å²) >= 11 is 1.91. The average molecular weight is 429 g/mol. The zero-order valence-corrected chi connectivity index (χ0v) is 18.8. The Bertz CT molecular complexity index is 914. The van der Waals surface area contributed by atoms with E-state index in [0.29, 0.717) is 5.92 Å². The first-order valence-electron chi connectivity index (χ1n) is 11.6. The Hall–Kier alpha value is -1.73. The van der Waals surface area contributed by atoms with Crippen molar-refractivity contribution in [2.24, 2.45) is 0 Å². The summed E-state index contributed by atoms with van der Waals surface area (Å²) in [6, 6.07) is 0. The highest BCUT2D eigenvalue weighted by atomic mass is 32.1. The molecule has 1 saturated heterocycles. The Morgan fingerprint density at radius 2 is 1.80 bits per heavy atom. The lowest BCUT2D eigenvalue weighted by Gasteiger charge is -2.36. The summed E-state index contributed by atoms with van der Waals surface area (Å²) in [6.45, 7) is 3.30. The van der Waals surface area contributed by atoms with Crippen molar-refractivity contribution in [1.82, 2.24) is 14.9 Å². The maximum Gasteiger partial charge on any atom is 0.248 e. The van der Waals surface area contributed by atoms with Gasteiger partial charge in [0.25, 0.3) is 0 Å². The molecule has 0 unspecified atom stereocenters. The molecule has 0 radical (unpaired) electrons. The molecule has 5 rings (SSSR count). The van der Waals surface area contributed by atoms with Gasteiger partial charge in [-0.2, -0.15) is 0 Å². The molecule has 2 fully saturated rings. The second-order valence-electron chi connectivity index (χ2n) is 8.93. The normalized spacial score (nSPS) is 20.6. The molecule has 6 nitrogen and oxygen atoms in total. The van der Waals surface area contributed by atoms with Crippen LogP contribution in [0, 0.1) is 0 Å². The molecule has 1 aliphatic heterocycles. The van der Waals surface area contributed by atoms with E-state index in [0.717, 1.165) is 44.2 Å². The monoisotopic (exact) mass is 428 g/mol. The molecule has 3 aliphatic rings. The number of hydrogen-bond acceptors (Lipinski definition) is 6. The molecule has 0 atom stereocenters. The topological polar surface area (TPSA) is 58.6 Å². The fourth-order valence-electron chi connectivity index (χ4n) is 5.31. The van der Waals surface area contributed by atoms with Crippen LogP contribution in [-0.2, 0) is 22.4 Å². The third-order valence-electron chi connectivity index (χ3n) is 6.98. The van der Waals surface area contributed by atoms with Crippen LogP contribution in [0.25, 0.3) is 10.2 Å². The number of hydrogen-bond donors (Lipinski definition) is 0. The van der Waals surface area contributed by atoms with Gasteiger partial charge in [-0.25, -0.2) is 9.97 Å². The highest BCUT2D eigenvalue weighted by molar-refractivity contribution is 7.19. The van der Waals surface area contributed by atoms with Crippen LogP contribution in [0.3, 0.4) is 0 Å². The van der Waals surface area contributed by atoms with Crippen LogP contribution in [0.4, 0.5) is 5.82 Å². The molecular weight excluding hydrogens is 396 g/mol. The third-order valence-corrected chi connectivity index (χ3v) is 8.17. The first-order chi connectivity index (χ1) is 14.7.